The van der Waals surface area contributed by atoms with Gasteiger partial charge in [0.05, 0.1) is 11.0 Å². The zero-order valence-electron chi connectivity index (χ0n) is 18.8. The Kier molecular flexibility index (Phi) is 3.11. The molecule has 0 atom stereocenters. The van der Waals surface area contributed by atoms with Gasteiger partial charge in [0.2, 0.25) is 0 Å². The van der Waals surface area contributed by atoms with Gasteiger partial charge in [0.1, 0.15) is 11.2 Å². The molecule has 3 aromatic carbocycles. The van der Waals surface area contributed by atoms with Crippen LogP contribution in [-0.2, 0) is 12.8 Å². The minimum absolute atomic E-state index is 0.870. The molecule has 0 spiro atoms. The average Bonchev–Trinajstić information content (AvgIpc) is 3.58. The second kappa shape index (κ2) is 6.10. The van der Waals surface area contributed by atoms with Crippen LogP contribution in [0.3, 0.4) is 0 Å². The van der Waals surface area contributed by atoms with E-state index in [4.69, 9.17) is 15.0 Å². The lowest BCUT2D eigenvalue weighted by atomic mass is 9.94. The van der Waals surface area contributed by atoms with Crippen molar-refractivity contribution in [3.63, 3.8) is 0 Å². The van der Waals surface area contributed by atoms with Crippen molar-refractivity contribution in [1.82, 2.24) is 19.4 Å². The summed E-state index contributed by atoms with van der Waals surface area (Å²) in [6.45, 7) is 0. The van der Waals surface area contributed by atoms with Gasteiger partial charge in [-0.15, -0.1) is 0 Å². The fraction of sp³-hybridized carbons (Fsp3) is 0.0645. The van der Waals surface area contributed by atoms with E-state index in [9.17, 15) is 0 Å². The van der Waals surface area contributed by atoms with Crippen LogP contribution in [0.2, 0.25) is 0 Å². The third kappa shape index (κ3) is 2.15. The summed E-state index contributed by atoms with van der Waals surface area (Å²) >= 11 is 0. The van der Waals surface area contributed by atoms with Crippen molar-refractivity contribution in [3.05, 3.63) is 107 Å². The molecule has 2 aliphatic rings. The Bertz CT molecular complexity index is 2070. The summed E-state index contributed by atoms with van der Waals surface area (Å²) in [5.74, 6) is 0. The smallest absolute Gasteiger partial charge is 0.166 e. The van der Waals surface area contributed by atoms with Crippen LogP contribution < -0.4 is 0 Å². The van der Waals surface area contributed by atoms with Crippen LogP contribution in [0.1, 0.15) is 22.3 Å². The molecule has 0 saturated heterocycles. The highest BCUT2D eigenvalue weighted by Gasteiger charge is 2.29. The molecule has 0 amide bonds. The van der Waals surface area contributed by atoms with Crippen molar-refractivity contribution < 1.29 is 0 Å². The molecule has 0 unspecified atom stereocenters. The zero-order valence-corrected chi connectivity index (χ0v) is 18.8. The largest absolute Gasteiger partial charge is 0.274 e. The highest BCUT2D eigenvalue weighted by molar-refractivity contribution is 6.11. The maximum atomic E-state index is 5.14. The third-order valence-corrected chi connectivity index (χ3v) is 7.88. The van der Waals surface area contributed by atoms with Crippen LogP contribution >= 0.6 is 0 Å². The summed E-state index contributed by atoms with van der Waals surface area (Å²) in [7, 11) is 0. The van der Waals surface area contributed by atoms with E-state index in [0.29, 0.717) is 0 Å². The molecule has 4 aromatic heterocycles. The molecular weight excluding hydrogens is 428 g/mol. The summed E-state index contributed by atoms with van der Waals surface area (Å²) in [5, 5.41) is 2.19. The van der Waals surface area contributed by atoms with Gasteiger partial charge in [0, 0.05) is 23.2 Å². The first-order valence-electron chi connectivity index (χ1n) is 12.0. The standard InChI is InChI=1S/C31H18N4/c1-2-6-21-17(5-1)13-18-9-10-19-14-20-15-26-25(16-24(20)28(19)27(18)21)34-31-29-22(7-3-11-32-29)23-8-4-12-33-30(23)35(26)31/h1-12,15-16H,13-14H2. The maximum Gasteiger partial charge on any atom is 0.166 e. The Morgan fingerprint density at radius 1 is 0.600 bits per heavy atom. The van der Waals surface area contributed by atoms with E-state index in [0.717, 1.165) is 51.5 Å². The van der Waals surface area contributed by atoms with E-state index in [2.05, 4.69) is 65.1 Å². The second-order valence-corrected chi connectivity index (χ2v) is 9.69. The molecule has 9 rings (SSSR count). The van der Waals surface area contributed by atoms with Gasteiger partial charge in [-0.1, -0.05) is 42.5 Å². The minimum Gasteiger partial charge on any atom is -0.274 e. The van der Waals surface area contributed by atoms with Crippen molar-refractivity contribution in [2.75, 3.05) is 0 Å². The molecule has 7 aromatic rings. The number of pyridine rings is 3. The first kappa shape index (κ1) is 17.8. The van der Waals surface area contributed by atoms with Gasteiger partial charge in [-0.05, 0) is 87.7 Å². The number of fused-ring (bicyclic) bond motifs is 15. The van der Waals surface area contributed by atoms with Crippen LogP contribution in [0, 0.1) is 0 Å². The molecule has 0 aliphatic heterocycles. The van der Waals surface area contributed by atoms with Crippen LogP contribution in [0.15, 0.2) is 85.2 Å². The summed E-state index contributed by atoms with van der Waals surface area (Å²) in [6.07, 6.45) is 5.67. The molecule has 0 bridgehead atoms. The lowest BCUT2D eigenvalue weighted by Crippen LogP contribution is -1.95. The number of aromatic nitrogens is 4. The molecule has 0 radical (unpaired) electrons. The average molecular weight is 447 g/mol. The Balaban J connectivity index is 1.41. The molecule has 162 valence electrons. The number of imidazole rings is 1. The molecule has 4 heteroatoms. The van der Waals surface area contributed by atoms with Crippen molar-refractivity contribution in [2.45, 2.75) is 12.8 Å². The molecule has 0 N–H and O–H groups in total. The lowest BCUT2D eigenvalue weighted by molar-refractivity contribution is 1.21. The van der Waals surface area contributed by atoms with Crippen molar-refractivity contribution in [3.8, 4) is 22.3 Å². The van der Waals surface area contributed by atoms with E-state index >= 15 is 0 Å². The number of nitrogens with zero attached hydrogens (tertiary/aromatic N) is 4. The molecule has 4 nitrogen and oxygen atoms in total. The van der Waals surface area contributed by atoms with Gasteiger partial charge < -0.3 is 0 Å². The first-order valence-corrected chi connectivity index (χ1v) is 12.0. The number of benzene rings is 3. The Labute approximate surface area is 200 Å². The van der Waals surface area contributed by atoms with Crippen LogP contribution in [0.4, 0.5) is 0 Å². The van der Waals surface area contributed by atoms with E-state index in [1.54, 1.807) is 0 Å². The fourth-order valence-corrected chi connectivity index (χ4v) is 6.43. The molecule has 0 saturated carbocycles. The quantitative estimate of drug-likeness (QED) is 0.243. The van der Waals surface area contributed by atoms with Crippen LogP contribution in [-0.4, -0.2) is 19.4 Å². The first-order chi connectivity index (χ1) is 17.3. The highest BCUT2D eigenvalue weighted by Crippen LogP contribution is 2.49. The van der Waals surface area contributed by atoms with Gasteiger partial charge in [-0.2, -0.15) is 0 Å². The fourth-order valence-electron chi connectivity index (χ4n) is 6.43. The summed E-state index contributed by atoms with van der Waals surface area (Å²) in [6, 6.07) is 26.4. The molecule has 4 heterocycles. The van der Waals surface area contributed by atoms with E-state index < -0.39 is 0 Å². The number of hydrogen-bond acceptors (Lipinski definition) is 3. The Morgan fingerprint density at radius 2 is 1.37 bits per heavy atom. The summed E-state index contributed by atoms with van der Waals surface area (Å²) in [4.78, 5) is 14.7. The van der Waals surface area contributed by atoms with Crippen molar-refractivity contribution >= 4 is 38.6 Å². The van der Waals surface area contributed by atoms with Gasteiger partial charge in [-0.3, -0.25) is 9.38 Å². The highest BCUT2D eigenvalue weighted by atomic mass is 15.1. The second-order valence-electron chi connectivity index (χ2n) is 9.69. The number of rotatable bonds is 0. The number of hydrogen-bond donors (Lipinski definition) is 0. The van der Waals surface area contributed by atoms with Gasteiger partial charge >= 0.3 is 0 Å². The third-order valence-electron chi connectivity index (χ3n) is 7.88. The van der Waals surface area contributed by atoms with E-state index in [1.165, 1.54) is 44.5 Å². The van der Waals surface area contributed by atoms with Gasteiger partial charge in [0.25, 0.3) is 0 Å². The summed E-state index contributed by atoms with van der Waals surface area (Å²) < 4.78 is 2.20. The topological polar surface area (TPSA) is 43.1 Å². The molecular formula is C31H18N4. The van der Waals surface area contributed by atoms with Gasteiger partial charge in [0.15, 0.2) is 5.65 Å². The van der Waals surface area contributed by atoms with Gasteiger partial charge in [-0.25, -0.2) is 9.97 Å². The van der Waals surface area contributed by atoms with E-state index in [1.807, 2.05) is 24.5 Å². The van der Waals surface area contributed by atoms with E-state index in [-0.39, 0.29) is 0 Å². The summed E-state index contributed by atoms with van der Waals surface area (Å²) in [5.41, 5.74) is 15.9. The zero-order chi connectivity index (χ0) is 22.7. The van der Waals surface area contributed by atoms with Crippen LogP contribution in [0.25, 0.3) is 60.9 Å². The predicted octanol–water partition coefficient (Wildman–Crippen LogP) is 6.73. The Hall–Kier alpha value is -4.57. The Morgan fingerprint density at radius 3 is 2.29 bits per heavy atom. The predicted molar refractivity (Wildman–Crippen MR) is 140 cm³/mol. The molecule has 2 aliphatic carbocycles. The monoisotopic (exact) mass is 446 g/mol. The molecule has 0 fully saturated rings. The minimum atomic E-state index is 0.870. The van der Waals surface area contributed by atoms with Crippen molar-refractivity contribution in [1.29, 1.82) is 0 Å². The van der Waals surface area contributed by atoms with Crippen molar-refractivity contribution in [2.24, 2.45) is 0 Å². The maximum absolute atomic E-state index is 5.14. The molecule has 35 heavy (non-hydrogen) atoms. The van der Waals surface area contributed by atoms with Crippen LogP contribution in [0.5, 0.6) is 0 Å². The normalized spacial score (nSPS) is 13.5. The lowest BCUT2D eigenvalue weighted by Gasteiger charge is -2.10. The SMILES string of the molecule is c1ccc2c(c1)Cc1ccc3c(c1-2)-c1cc2nc4c5ncccc5c5cccnc5n4c2cc1C3.